The van der Waals surface area contributed by atoms with E-state index in [0.29, 0.717) is 18.9 Å². The number of amides is 2. The Hall–Kier alpha value is -0.850. The van der Waals surface area contributed by atoms with E-state index >= 15 is 0 Å². The number of epoxide rings is 1. The number of rotatable bonds is 40. The lowest BCUT2D eigenvalue weighted by Gasteiger charge is -2.34. The van der Waals surface area contributed by atoms with E-state index in [0.717, 1.165) is 81.3 Å². The van der Waals surface area contributed by atoms with Gasteiger partial charge in [0.1, 0.15) is 12.6 Å². The molecular weight excluding hydrogens is 678 g/mol. The molecule has 0 aromatic rings. The van der Waals surface area contributed by atoms with Crippen molar-refractivity contribution in [2.45, 2.75) is 226 Å². The maximum Gasteiger partial charge on any atom is 0.219 e. The minimum Gasteiger partial charge on any atom is -1.00 e. The van der Waals surface area contributed by atoms with Gasteiger partial charge in [0.2, 0.25) is 11.8 Å². The molecule has 53 heavy (non-hydrogen) atoms. The molecular formula is C46H92ClN3O3. The number of hydrogen-bond donors (Lipinski definition) is 2. The zero-order valence-corrected chi connectivity index (χ0v) is 37.0. The minimum absolute atomic E-state index is 0. The van der Waals surface area contributed by atoms with Gasteiger partial charge in [-0.25, -0.2) is 0 Å². The number of ether oxygens (including phenoxy) is 1. The Labute approximate surface area is 337 Å². The van der Waals surface area contributed by atoms with E-state index in [1.165, 1.54) is 154 Å². The Morgan fingerprint density at radius 1 is 0.509 bits per heavy atom. The molecule has 0 radical (unpaired) electrons. The minimum atomic E-state index is 0. The third-order valence-electron chi connectivity index (χ3n) is 11.3. The van der Waals surface area contributed by atoms with Crippen LogP contribution in [-0.2, 0) is 14.3 Å². The van der Waals surface area contributed by atoms with Crippen molar-refractivity contribution >= 4 is 11.8 Å². The first kappa shape index (κ1) is 52.2. The second-order valence-electron chi connectivity index (χ2n) is 18.0. The van der Waals surface area contributed by atoms with Gasteiger partial charge in [-0.15, -0.1) is 0 Å². The average molecular weight is 771 g/mol. The highest BCUT2D eigenvalue weighted by Crippen LogP contribution is 2.18. The normalized spacial score (nSPS) is 14.1. The van der Waals surface area contributed by atoms with Gasteiger partial charge in [0, 0.05) is 38.8 Å². The molecule has 0 saturated carbocycles. The summed E-state index contributed by atoms with van der Waals surface area (Å²) in [4.78, 5) is 24.8. The van der Waals surface area contributed by atoms with E-state index in [2.05, 4.69) is 45.4 Å². The molecule has 1 unspecified atom stereocenters. The van der Waals surface area contributed by atoms with Crippen molar-refractivity contribution < 1.29 is 31.2 Å². The molecule has 6 nitrogen and oxygen atoms in total. The summed E-state index contributed by atoms with van der Waals surface area (Å²) in [6, 6.07) is 0. The van der Waals surface area contributed by atoms with Gasteiger partial charge >= 0.3 is 0 Å². The first-order valence-electron chi connectivity index (χ1n) is 23.2. The molecule has 0 aliphatic carbocycles. The number of quaternary nitrogens is 1. The van der Waals surface area contributed by atoms with E-state index in [1.807, 2.05) is 0 Å². The zero-order chi connectivity index (χ0) is 38.0. The maximum atomic E-state index is 12.4. The van der Waals surface area contributed by atoms with Crippen LogP contribution in [0.2, 0.25) is 0 Å². The Bertz CT molecular complexity index is 764. The van der Waals surface area contributed by atoms with Crippen LogP contribution in [0.25, 0.3) is 0 Å². The smallest absolute Gasteiger partial charge is 0.219 e. The van der Waals surface area contributed by atoms with Crippen LogP contribution < -0.4 is 23.0 Å². The van der Waals surface area contributed by atoms with Gasteiger partial charge < -0.3 is 32.3 Å². The van der Waals surface area contributed by atoms with Crippen molar-refractivity contribution in [1.29, 1.82) is 0 Å². The third-order valence-corrected chi connectivity index (χ3v) is 11.3. The fourth-order valence-electron chi connectivity index (χ4n) is 7.73. The van der Waals surface area contributed by atoms with Crippen LogP contribution in [0.1, 0.15) is 220 Å². The van der Waals surface area contributed by atoms with Gasteiger partial charge in [0.15, 0.2) is 0 Å². The predicted octanol–water partition coefficient (Wildman–Crippen LogP) is 9.08. The molecule has 1 rings (SSSR count). The molecule has 7 heteroatoms. The van der Waals surface area contributed by atoms with Gasteiger partial charge in [-0.2, -0.15) is 0 Å². The monoisotopic (exact) mass is 770 g/mol. The van der Waals surface area contributed by atoms with Crippen LogP contribution >= 0.6 is 0 Å². The molecule has 1 fully saturated rings. The van der Waals surface area contributed by atoms with E-state index in [1.54, 1.807) is 0 Å². The predicted molar refractivity (Wildman–Crippen MR) is 225 cm³/mol. The van der Waals surface area contributed by atoms with Crippen LogP contribution in [0.5, 0.6) is 0 Å². The van der Waals surface area contributed by atoms with Crippen molar-refractivity contribution in [3.8, 4) is 0 Å². The molecule has 0 spiro atoms. The highest BCUT2D eigenvalue weighted by atomic mass is 35.5. The zero-order valence-electron chi connectivity index (χ0n) is 36.2. The SMILES string of the molecule is CC(C)CCCCCCCCCCCCCCC(=O)NCCC[N+](C)(CCCNC(=O)CCCCCCCCCCCCCCC(C)C)CC1CO1.[Cl-]. The number of carbonyl (C=O) groups is 2. The van der Waals surface area contributed by atoms with Crippen LogP contribution in [0, 0.1) is 11.8 Å². The standard InChI is InChI=1S/C46H91N3O3.ClH/c1-42(2)32-26-22-18-14-10-6-8-12-16-20-24-28-34-45(50)47-36-30-38-49(5,40-44-41-52-44)39-31-37-48-46(51)35-29-25-21-17-13-9-7-11-15-19-23-27-33-43(3)4;/h42-44H,6-41H2,1-5H3,(H-,47,48,50,51);1H. The topological polar surface area (TPSA) is 70.7 Å². The summed E-state index contributed by atoms with van der Waals surface area (Å²) in [5.74, 6) is 2.14. The molecule has 316 valence electrons. The van der Waals surface area contributed by atoms with Crippen LogP contribution in [0.3, 0.4) is 0 Å². The lowest BCUT2D eigenvalue weighted by atomic mass is 10.0. The highest BCUT2D eigenvalue weighted by molar-refractivity contribution is 5.76. The Morgan fingerprint density at radius 2 is 0.792 bits per heavy atom. The molecule has 1 saturated heterocycles. The number of carbonyl (C=O) groups excluding carboxylic acids is 2. The molecule has 1 heterocycles. The van der Waals surface area contributed by atoms with E-state index in [9.17, 15) is 9.59 Å². The molecule has 0 aromatic heterocycles. The van der Waals surface area contributed by atoms with Crippen molar-refractivity contribution in [2.75, 3.05) is 46.4 Å². The van der Waals surface area contributed by atoms with Gasteiger partial charge in [-0.3, -0.25) is 9.59 Å². The summed E-state index contributed by atoms with van der Waals surface area (Å²) in [6.07, 6.45) is 38.4. The van der Waals surface area contributed by atoms with Crippen molar-refractivity contribution in [3.05, 3.63) is 0 Å². The van der Waals surface area contributed by atoms with E-state index in [-0.39, 0.29) is 24.2 Å². The third kappa shape index (κ3) is 37.8. The molecule has 0 bridgehead atoms. The van der Waals surface area contributed by atoms with Crippen molar-refractivity contribution in [2.24, 2.45) is 11.8 Å². The van der Waals surface area contributed by atoms with Crippen LogP contribution in [0.4, 0.5) is 0 Å². The summed E-state index contributed by atoms with van der Waals surface area (Å²) >= 11 is 0. The first-order valence-corrected chi connectivity index (χ1v) is 23.2. The number of unbranched alkanes of at least 4 members (excludes halogenated alkanes) is 22. The van der Waals surface area contributed by atoms with Crippen molar-refractivity contribution in [3.63, 3.8) is 0 Å². The van der Waals surface area contributed by atoms with Gasteiger partial charge in [0.25, 0.3) is 0 Å². The largest absolute Gasteiger partial charge is 1.00 e. The number of nitrogens with zero attached hydrogens (tertiary/aromatic N) is 1. The maximum absolute atomic E-state index is 12.4. The second-order valence-corrected chi connectivity index (χ2v) is 18.0. The summed E-state index contributed by atoms with van der Waals surface area (Å²) in [6.45, 7) is 14.8. The van der Waals surface area contributed by atoms with Gasteiger partial charge in [0.05, 0.1) is 26.7 Å². The first-order chi connectivity index (χ1) is 25.2. The summed E-state index contributed by atoms with van der Waals surface area (Å²) in [5, 5.41) is 6.34. The van der Waals surface area contributed by atoms with Gasteiger partial charge in [-0.05, 0) is 24.7 Å². The van der Waals surface area contributed by atoms with Crippen LogP contribution in [-0.4, -0.2) is 68.8 Å². The van der Waals surface area contributed by atoms with Crippen LogP contribution in [0.15, 0.2) is 0 Å². The fraction of sp³-hybridized carbons (Fsp3) is 0.957. The molecule has 0 aromatic carbocycles. The molecule has 2 N–H and O–H groups in total. The number of likely N-dealkylation sites (N-methyl/N-ethyl adjacent to an activating group) is 1. The quantitative estimate of drug-likeness (QED) is 0.0371. The van der Waals surface area contributed by atoms with Gasteiger partial charge in [-0.1, -0.05) is 182 Å². The number of hydrogen-bond acceptors (Lipinski definition) is 3. The molecule has 1 atom stereocenters. The summed E-state index contributed by atoms with van der Waals surface area (Å²) in [7, 11) is 2.31. The second kappa shape index (κ2) is 36.8. The fourth-order valence-corrected chi connectivity index (χ4v) is 7.73. The average Bonchev–Trinajstić information content (AvgIpc) is 3.92. The Balaban J connectivity index is 0.0000270. The van der Waals surface area contributed by atoms with Crippen molar-refractivity contribution in [1.82, 2.24) is 10.6 Å². The number of nitrogens with one attached hydrogen (secondary N) is 2. The molecule has 1 aliphatic rings. The van der Waals surface area contributed by atoms with E-state index in [4.69, 9.17) is 4.74 Å². The summed E-state index contributed by atoms with van der Waals surface area (Å²) < 4.78 is 6.53. The molecule has 1 aliphatic heterocycles. The number of halogens is 1. The highest BCUT2D eigenvalue weighted by Gasteiger charge is 2.33. The Kier molecular flexibility index (Phi) is 36.2. The Morgan fingerprint density at radius 3 is 1.08 bits per heavy atom. The van der Waals surface area contributed by atoms with E-state index < -0.39 is 0 Å². The summed E-state index contributed by atoms with van der Waals surface area (Å²) in [5.41, 5.74) is 0. The lowest BCUT2D eigenvalue weighted by Crippen LogP contribution is -3.00. The molecule has 2 amide bonds. The lowest BCUT2D eigenvalue weighted by molar-refractivity contribution is -0.910.